The number of phenols is 1. The van der Waals surface area contributed by atoms with Crippen molar-refractivity contribution in [1.29, 1.82) is 0 Å². The van der Waals surface area contributed by atoms with E-state index in [4.69, 9.17) is 39.5 Å². The number of aliphatic hydroxyl groups excluding tert-OH is 1. The van der Waals surface area contributed by atoms with Crippen LogP contribution in [0.4, 0.5) is 0 Å². The van der Waals surface area contributed by atoms with E-state index in [2.05, 4.69) is 0 Å². The second-order valence-corrected chi connectivity index (χ2v) is 4.01. The van der Waals surface area contributed by atoms with Gasteiger partial charge in [-0.25, -0.2) is 0 Å². The van der Waals surface area contributed by atoms with E-state index < -0.39 is 6.29 Å². The molecule has 0 fully saturated rings. The number of fused-ring (bicyclic) bond motifs is 1. The fourth-order valence-corrected chi connectivity index (χ4v) is 2.07. The zero-order valence-corrected chi connectivity index (χ0v) is 8.99. The molecule has 1 aliphatic heterocycles. The normalized spacial score (nSPS) is 19.3. The van der Waals surface area contributed by atoms with Crippen LogP contribution in [0.1, 0.15) is 5.56 Å². The molecule has 0 amide bonds. The van der Waals surface area contributed by atoms with Crippen LogP contribution in [0.3, 0.4) is 0 Å². The molecule has 0 aromatic heterocycles. The lowest BCUT2D eigenvalue weighted by atomic mass is 10.1. The molecule has 2 N–H and O–H groups in total. The van der Waals surface area contributed by atoms with Gasteiger partial charge in [-0.05, 0) is 0 Å². The van der Waals surface area contributed by atoms with Gasteiger partial charge in [-0.15, -0.1) is 0 Å². The number of rotatable bonds is 0. The van der Waals surface area contributed by atoms with Gasteiger partial charge in [0, 0.05) is 12.0 Å². The van der Waals surface area contributed by atoms with Crippen LogP contribution in [0.15, 0.2) is 0 Å². The van der Waals surface area contributed by atoms with Crippen LogP contribution in [-0.4, -0.2) is 16.5 Å². The summed E-state index contributed by atoms with van der Waals surface area (Å²) in [5.74, 6) is -0.0400. The van der Waals surface area contributed by atoms with Crippen molar-refractivity contribution in [2.45, 2.75) is 12.7 Å². The Hall–Kier alpha value is -0.350. The predicted molar refractivity (Wildman–Crippen MR) is 53.5 cm³/mol. The Balaban J connectivity index is 2.70. The van der Waals surface area contributed by atoms with E-state index >= 15 is 0 Å². The molecule has 1 aromatic rings. The molecule has 2 rings (SSSR count). The maximum absolute atomic E-state index is 9.45. The van der Waals surface area contributed by atoms with Crippen molar-refractivity contribution >= 4 is 34.8 Å². The molecule has 0 aliphatic carbocycles. The topological polar surface area (TPSA) is 49.7 Å². The molecular weight excluding hydrogens is 250 g/mol. The summed E-state index contributed by atoms with van der Waals surface area (Å²) in [6, 6.07) is 0. The zero-order valence-electron chi connectivity index (χ0n) is 6.72. The molecule has 6 heteroatoms. The highest BCUT2D eigenvalue weighted by atomic mass is 35.5. The number of ether oxygens (including phenoxy) is 1. The summed E-state index contributed by atoms with van der Waals surface area (Å²) < 4.78 is 5.00. The minimum Gasteiger partial charge on any atom is -0.505 e. The number of phenolic OH excluding ortho intramolecular Hbond substituents is 1. The van der Waals surface area contributed by atoms with E-state index in [1.807, 2.05) is 0 Å². The minimum atomic E-state index is -0.988. The SMILES string of the molecule is Oc1c(Cl)c(Cl)c2c(c1Cl)C[C@@H](O)O2. The Labute approximate surface area is 94.8 Å². The van der Waals surface area contributed by atoms with Gasteiger partial charge in [0.2, 0.25) is 6.29 Å². The third kappa shape index (κ3) is 1.32. The molecule has 0 radical (unpaired) electrons. The largest absolute Gasteiger partial charge is 0.505 e. The molecule has 0 unspecified atom stereocenters. The van der Waals surface area contributed by atoms with Crippen LogP contribution in [0.25, 0.3) is 0 Å². The van der Waals surface area contributed by atoms with E-state index in [0.29, 0.717) is 5.56 Å². The third-order valence-corrected chi connectivity index (χ3v) is 3.21. The lowest BCUT2D eigenvalue weighted by molar-refractivity contribution is 0.00220. The maximum atomic E-state index is 9.45. The highest BCUT2D eigenvalue weighted by Gasteiger charge is 2.30. The molecule has 3 nitrogen and oxygen atoms in total. The fraction of sp³-hybridized carbons (Fsp3) is 0.250. The molecule has 76 valence electrons. The molecule has 14 heavy (non-hydrogen) atoms. The first-order chi connectivity index (χ1) is 6.52. The van der Waals surface area contributed by atoms with E-state index in [0.717, 1.165) is 0 Å². The first-order valence-electron chi connectivity index (χ1n) is 3.75. The van der Waals surface area contributed by atoms with Crippen molar-refractivity contribution in [1.82, 2.24) is 0 Å². The molecule has 1 heterocycles. The second kappa shape index (κ2) is 3.35. The summed E-state index contributed by atoms with van der Waals surface area (Å²) in [4.78, 5) is 0. The van der Waals surface area contributed by atoms with Gasteiger partial charge in [0.1, 0.15) is 15.8 Å². The highest BCUT2D eigenvalue weighted by Crippen LogP contribution is 2.49. The average molecular weight is 255 g/mol. The molecular formula is C8H5Cl3O3. The van der Waals surface area contributed by atoms with Gasteiger partial charge >= 0.3 is 0 Å². The predicted octanol–water partition coefficient (Wildman–Crippen LogP) is 2.61. The van der Waals surface area contributed by atoms with Gasteiger partial charge < -0.3 is 14.9 Å². The summed E-state index contributed by atoms with van der Waals surface area (Å²) >= 11 is 17.3. The Morgan fingerprint density at radius 3 is 2.43 bits per heavy atom. The van der Waals surface area contributed by atoms with Crippen LogP contribution in [0.5, 0.6) is 11.5 Å². The number of benzene rings is 1. The van der Waals surface area contributed by atoms with Crippen molar-refractivity contribution in [3.8, 4) is 11.5 Å². The Bertz CT molecular complexity index is 369. The smallest absolute Gasteiger partial charge is 0.201 e. The van der Waals surface area contributed by atoms with Crippen molar-refractivity contribution in [2.24, 2.45) is 0 Å². The van der Waals surface area contributed by atoms with Gasteiger partial charge in [-0.3, -0.25) is 0 Å². The fourth-order valence-electron chi connectivity index (χ4n) is 1.33. The average Bonchev–Trinajstić information content (AvgIpc) is 2.54. The van der Waals surface area contributed by atoms with Crippen LogP contribution < -0.4 is 4.74 Å². The first-order valence-corrected chi connectivity index (χ1v) is 4.88. The van der Waals surface area contributed by atoms with E-state index in [1.54, 1.807) is 0 Å². The number of aromatic hydroxyl groups is 1. The van der Waals surface area contributed by atoms with E-state index in [-0.39, 0.29) is 33.0 Å². The third-order valence-electron chi connectivity index (χ3n) is 1.98. The van der Waals surface area contributed by atoms with Gasteiger partial charge in [0.05, 0.1) is 5.02 Å². The van der Waals surface area contributed by atoms with Crippen LogP contribution in [0.2, 0.25) is 15.1 Å². The maximum Gasteiger partial charge on any atom is 0.201 e. The number of hydrogen-bond donors (Lipinski definition) is 2. The molecule has 1 atom stereocenters. The van der Waals surface area contributed by atoms with Crippen LogP contribution in [-0.2, 0) is 6.42 Å². The van der Waals surface area contributed by atoms with Crippen molar-refractivity contribution in [3.05, 3.63) is 20.6 Å². The monoisotopic (exact) mass is 254 g/mol. The summed E-state index contributed by atoms with van der Waals surface area (Å²) in [6.07, 6.45) is -0.795. The summed E-state index contributed by atoms with van der Waals surface area (Å²) in [7, 11) is 0. The van der Waals surface area contributed by atoms with Crippen molar-refractivity contribution < 1.29 is 14.9 Å². The number of halogens is 3. The molecule has 0 saturated heterocycles. The zero-order chi connectivity index (χ0) is 10.5. The Kier molecular flexibility index (Phi) is 2.43. The number of aliphatic hydroxyl groups is 1. The summed E-state index contributed by atoms with van der Waals surface area (Å²) in [6.45, 7) is 0. The van der Waals surface area contributed by atoms with Crippen LogP contribution >= 0.6 is 34.8 Å². The van der Waals surface area contributed by atoms with Crippen LogP contribution in [0, 0.1) is 0 Å². The Morgan fingerprint density at radius 2 is 1.79 bits per heavy atom. The standard InChI is InChI=1S/C8H5Cl3O3/c9-4-2-1-3(12)14-8(2)6(11)5(10)7(4)13/h3,12-13H,1H2/t3-/m0/s1. The van der Waals surface area contributed by atoms with Gasteiger partial charge in [0.15, 0.2) is 5.75 Å². The summed E-state index contributed by atoms with van der Waals surface area (Å²) in [5, 5.41) is 18.7. The van der Waals surface area contributed by atoms with E-state index in [1.165, 1.54) is 0 Å². The highest BCUT2D eigenvalue weighted by molar-refractivity contribution is 6.46. The first kappa shape index (κ1) is 10.2. The molecule has 1 aromatic carbocycles. The molecule has 0 saturated carbocycles. The Morgan fingerprint density at radius 1 is 1.14 bits per heavy atom. The van der Waals surface area contributed by atoms with E-state index in [9.17, 15) is 10.2 Å². The molecule has 1 aliphatic rings. The lowest BCUT2D eigenvalue weighted by Gasteiger charge is -2.08. The summed E-state index contributed by atoms with van der Waals surface area (Å²) in [5.41, 5.74) is 0.478. The van der Waals surface area contributed by atoms with Gasteiger partial charge in [0.25, 0.3) is 0 Å². The number of hydrogen-bond acceptors (Lipinski definition) is 3. The quantitative estimate of drug-likeness (QED) is 0.701. The van der Waals surface area contributed by atoms with Gasteiger partial charge in [-0.1, -0.05) is 34.8 Å². The van der Waals surface area contributed by atoms with Crippen molar-refractivity contribution in [3.63, 3.8) is 0 Å². The lowest BCUT2D eigenvalue weighted by Crippen LogP contribution is -2.10. The van der Waals surface area contributed by atoms with Crippen molar-refractivity contribution in [2.75, 3.05) is 0 Å². The molecule has 0 bridgehead atoms. The second-order valence-electron chi connectivity index (χ2n) is 2.87. The minimum absolute atomic E-state index is 0.0653. The van der Waals surface area contributed by atoms with Gasteiger partial charge in [-0.2, -0.15) is 0 Å². The molecule has 0 spiro atoms.